The summed E-state index contributed by atoms with van der Waals surface area (Å²) in [4.78, 5) is 14.2. The molecule has 0 spiro atoms. The van der Waals surface area contributed by atoms with Gasteiger partial charge in [0, 0.05) is 0 Å². The number of carbonyl (C=O) groups is 1. The van der Waals surface area contributed by atoms with Crippen molar-refractivity contribution < 1.29 is 24.1 Å². The van der Waals surface area contributed by atoms with Crippen LogP contribution in [0.4, 0.5) is 5.69 Å². The van der Waals surface area contributed by atoms with E-state index in [1.165, 1.54) is 7.11 Å². The second kappa shape index (κ2) is 7.54. The molecular weight excluding hydrogens is 413 g/mol. The van der Waals surface area contributed by atoms with Gasteiger partial charge in [0.1, 0.15) is 0 Å². The first-order chi connectivity index (χ1) is 13.0. The Morgan fingerprint density at radius 2 is 1.78 bits per heavy atom. The topological polar surface area (TPSA) is 68.2 Å². The van der Waals surface area contributed by atoms with Gasteiger partial charge >= 0.3 is 164 Å². The van der Waals surface area contributed by atoms with Gasteiger partial charge in [-0.25, -0.2) is 0 Å². The Morgan fingerprint density at radius 3 is 2.33 bits per heavy atom. The molecule has 0 unspecified atom stereocenters. The van der Waals surface area contributed by atoms with Gasteiger partial charge in [0.2, 0.25) is 0 Å². The van der Waals surface area contributed by atoms with E-state index in [1.807, 2.05) is 12.1 Å². The molecule has 27 heavy (non-hydrogen) atoms. The molecule has 1 fully saturated rings. The van der Waals surface area contributed by atoms with E-state index >= 15 is 0 Å². The minimum absolute atomic E-state index is 0.0204. The van der Waals surface area contributed by atoms with Crippen molar-refractivity contribution in [2.75, 3.05) is 26.2 Å². The number of hydrogen-bond acceptors (Lipinski definition) is 5. The summed E-state index contributed by atoms with van der Waals surface area (Å²) >= 11 is 0.146. The maximum absolute atomic E-state index is 12.6. The Bertz CT molecular complexity index is 886. The third-order valence-electron chi connectivity index (χ3n) is 4.53. The summed E-state index contributed by atoms with van der Waals surface area (Å²) in [5.74, 6) is 3.58. The summed E-state index contributed by atoms with van der Waals surface area (Å²) in [5, 5.41) is 10.1. The van der Waals surface area contributed by atoms with Crippen LogP contribution in [-0.2, 0) is 4.79 Å². The number of phenolic OH excluding ortho intramolecular Hbond substituents is 1. The van der Waals surface area contributed by atoms with E-state index < -0.39 is 0 Å². The first-order valence-electron chi connectivity index (χ1n) is 8.16. The zero-order valence-corrected chi connectivity index (χ0v) is 17.3. The average Bonchev–Trinajstić information content (AvgIpc) is 2.69. The second-order valence-electron chi connectivity index (χ2n) is 5.92. The van der Waals surface area contributed by atoms with E-state index in [1.54, 1.807) is 37.3 Å². The molecule has 2 aromatic carbocycles. The first kappa shape index (κ1) is 19.1. The number of amides is 1. The fraction of sp³-hybridized carbons (Fsp3) is 0.250. The van der Waals surface area contributed by atoms with Gasteiger partial charge in [0.15, 0.2) is 0 Å². The zero-order chi connectivity index (χ0) is 19.7. The van der Waals surface area contributed by atoms with Crippen LogP contribution in [0.1, 0.15) is 11.6 Å². The third-order valence-corrected chi connectivity index (χ3v) is 6.09. The van der Waals surface area contributed by atoms with Crippen LogP contribution in [0.2, 0.25) is 5.82 Å². The molecule has 1 atom stereocenters. The molecular formula is C20H21NO5Se. The van der Waals surface area contributed by atoms with Crippen LogP contribution in [0.25, 0.3) is 0 Å². The number of carbonyl (C=O) groups excluding carboxylic acids is 1. The van der Waals surface area contributed by atoms with E-state index in [4.69, 9.17) is 14.2 Å². The number of aromatic hydroxyl groups is 1. The molecule has 2 aromatic rings. The molecule has 1 heterocycles. The van der Waals surface area contributed by atoms with Gasteiger partial charge in [-0.3, -0.25) is 0 Å². The van der Waals surface area contributed by atoms with E-state index in [0.29, 0.717) is 28.5 Å². The molecule has 6 nitrogen and oxygen atoms in total. The molecule has 1 aliphatic rings. The summed E-state index contributed by atoms with van der Waals surface area (Å²) < 4.78 is 17.0. The van der Waals surface area contributed by atoms with Gasteiger partial charge < -0.3 is 0 Å². The molecule has 1 N–H and O–H groups in total. The van der Waals surface area contributed by atoms with E-state index in [-0.39, 0.29) is 32.7 Å². The average molecular weight is 434 g/mol. The third kappa shape index (κ3) is 3.13. The zero-order valence-electron chi connectivity index (χ0n) is 15.6. The Labute approximate surface area is 164 Å². The van der Waals surface area contributed by atoms with Crippen molar-refractivity contribution in [3.8, 4) is 23.0 Å². The van der Waals surface area contributed by atoms with Crippen molar-refractivity contribution in [3.05, 3.63) is 48.0 Å². The van der Waals surface area contributed by atoms with Gasteiger partial charge in [-0.1, -0.05) is 0 Å². The van der Waals surface area contributed by atoms with Crippen molar-refractivity contribution in [2.45, 2.75) is 11.9 Å². The number of ether oxygens (including phenoxy) is 3. The van der Waals surface area contributed by atoms with Gasteiger partial charge in [-0.15, -0.1) is 0 Å². The molecule has 1 amide bonds. The summed E-state index contributed by atoms with van der Waals surface area (Å²) in [7, 11) is 4.67. The Balaban J connectivity index is 2.06. The van der Waals surface area contributed by atoms with Gasteiger partial charge in [-0.2, -0.15) is 0 Å². The van der Waals surface area contributed by atoms with Gasteiger partial charge in [0.25, 0.3) is 0 Å². The number of nitrogens with zero attached hydrogens (tertiary/aromatic N) is 1. The molecule has 3 rings (SSSR count). The van der Waals surface area contributed by atoms with E-state index in [0.717, 1.165) is 10.0 Å². The summed E-state index contributed by atoms with van der Waals surface area (Å²) in [6.07, 6.45) is 0. The maximum atomic E-state index is 12.6. The summed E-state index contributed by atoms with van der Waals surface area (Å²) in [5.41, 5.74) is 1.94. The fourth-order valence-electron chi connectivity index (χ4n) is 3.18. The first-order valence-corrected chi connectivity index (χ1v) is 10.7. The van der Waals surface area contributed by atoms with E-state index in [2.05, 4.69) is 12.4 Å². The van der Waals surface area contributed by atoms with Crippen molar-refractivity contribution in [1.29, 1.82) is 0 Å². The normalized spacial score (nSPS) is 16.1. The Morgan fingerprint density at radius 1 is 1.07 bits per heavy atom. The SMILES string of the molecule is C=C1C(=O)N(c2cc(OC)c(OC)c([Se]C)c2)[C@H]1c1ccc(OC)c(O)c1. The molecule has 0 radical (unpaired) electrons. The van der Waals surface area contributed by atoms with Gasteiger partial charge in [-0.05, 0) is 0 Å². The monoisotopic (exact) mass is 435 g/mol. The van der Waals surface area contributed by atoms with Crippen molar-refractivity contribution in [3.63, 3.8) is 0 Å². The van der Waals surface area contributed by atoms with Crippen molar-refractivity contribution >= 4 is 31.0 Å². The number of benzene rings is 2. The number of β-lactam (4-membered cyclic amide) rings is 1. The number of phenols is 1. The Hall–Kier alpha value is -2.63. The predicted octanol–water partition coefficient (Wildman–Crippen LogP) is 2.44. The number of anilines is 1. The number of methoxy groups -OCH3 is 3. The van der Waals surface area contributed by atoms with Crippen LogP contribution >= 0.6 is 0 Å². The molecule has 0 saturated carbocycles. The van der Waals surface area contributed by atoms with Crippen molar-refractivity contribution in [1.82, 2.24) is 0 Å². The second-order valence-corrected chi connectivity index (χ2v) is 7.70. The van der Waals surface area contributed by atoms with Crippen LogP contribution in [0, 0.1) is 0 Å². The quantitative estimate of drug-likeness (QED) is 0.430. The molecule has 0 aliphatic carbocycles. The fourth-order valence-corrected chi connectivity index (χ4v) is 4.45. The van der Waals surface area contributed by atoms with Gasteiger partial charge in [0.05, 0.1) is 0 Å². The van der Waals surface area contributed by atoms with Crippen LogP contribution < -0.4 is 23.6 Å². The molecule has 1 saturated heterocycles. The molecule has 0 aromatic heterocycles. The minimum atomic E-state index is -0.357. The predicted molar refractivity (Wildman–Crippen MR) is 105 cm³/mol. The molecule has 142 valence electrons. The Kier molecular flexibility index (Phi) is 5.35. The van der Waals surface area contributed by atoms with Crippen LogP contribution in [0.3, 0.4) is 0 Å². The van der Waals surface area contributed by atoms with Crippen molar-refractivity contribution in [2.24, 2.45) is 0 Å². The molecule has 1 aliphatic heterocycles. The van der Waals surface area contributed by atoms with E-state index in [9.17, 15) is 9.90 Å². The van der Waals surface area contributed by atoms with Crippen LogP contribution in [0.5, 0.6) is 23.0 Å². The number of hydrogen-bond donors (Lipinski definition) is 1. The van der Waals surface area contributed by atoms with Crippen LogP contribution in [0.15, 0.2) is 42.5 Å². The van der Waals surface area contributed by atoms with Crippen LogP contribution in [-0.4, -0.2) is 47.3 Å². The standard InChI is InChI=1S/C20H21NO5Se/c1-11-18(12-6-7-15(24-2)14(22)8-12)21(20(11)23)13-9-16(25-3)19(26-4)17(10-13)27-5/h6-10,18,22H,1H2,2-5H3/t18-/m1/s1. The molecule has 7 heteroatoms. The molecule has 0 bridgehead atoms. The summed E-state index contributed by atoms with van der Waals surface area (Å²) in [6, 6.07) is 8.47. The summed E-state index contributed by atoms with van der Waals surface area (Å²) in [6.45, 7) is 3.91. The number of rotatable bonds is 6.